The van der Waals surface area contributed by atoms with Crippen molar-refractivity contribution in [2.75, 3.05) is 11.9 Å². The molecule has 0 radical (unpaired) electrons. The van der Waals surface area contributed by atoms with Crippen LogP contribution in [0.5, 0.6) is 0 Å². The van der Waals surface area contributed by atoms with Gasteiger partial charge in [0.25, 0.3) is 0 Å². The molecule has 2 N–H and O–H groups in total. The SMILES string of the molecule is Cc1ccc(C2NOC(C(F)(F)F)=C2c2cc(Cl)cc(Cl)c2)cc1NC(=O)OCC(Cl)(Cl)Cl. The van der Waals surface area contributed by atoms with E-state index in [1.54, 1.807) is 19.1 Å². The summed E-state index contributed by atoms with van der Waals surface area (Å²) in [6.45, 7) is 1.18. The van der Waals surface area contributed by atoms with Crippen LogP contribution >= 0.6 is 58.0 Å². The molecule has 13 heteroatoms. The number of hydrogen-bond acceptors (Lipinski definition) is 4. The number of hydrogen-bond donors (Lipinski definition) is 2. The molecule has 0 saturated heterocycles. The lowest BCUT2D eigenvalue weighted by atomic mass is 9.92. The summed E-state index contributed by atoms with van der Waals surface area (Å²) in [4.78, 5) is 16.9. The molecule has 0 spiro atoms. The molecule has 5 nitrogen and oxygen atoms in total. The number of allylic oxidation sites excluding steroid dienone is 1. The Bertz CT molecular complexity index is 1080. The van der Waals surface area contributed by atoms with Crippen LogP contribution in [0, 0.1) is 6.92 Å². The number of anilines is 1. The van der Waals surface area contributed by atoms with Gasteiger partial charge in [-0.3, -0.25) is 5.32 Å². The van der Waals surface area contributed by atoms with Crippen LogP contribution in [-0.2, 0) is 9.57 Å². The van der Waals surface area contributed by atoms with Crippen LogP contribution < -0.4 is 10.8 Å². The van der Waals surface area contributed by atoms with Gasteiger partial charge in [-0.05, 0) is 47.9 Å². The van der Waals surface area contributed by atoms with E-state index < -0.39 is 34.5 Å². The summed E-state index contributed by atoms with van der Waals surface area (Å²) in [6, 6.07) is 7.69. The fraction of sp³-hybridized carbons (Fsp3) is 0.250. The lowest BCUT2D eigenvalue weighted by molar-refractivity contribution is -0.136. The third-order valence-corrected chi connectivity index (χ3v) is 5.21. The van der Waals surface area contributed by atoms with Crippen LogP contribution in [0.15, 0.2) is 42.2 Å². The zero-order chi connectivity index (χ0) is 24.6. The summed E-state index contributed by atoms with van der Waals surface area (Å²) in [7, 11) is 0. The maximum Gasteiger partial charge on any atom is 0.451 e. The van der Waals surface area contributed by atoms with E-state index >= 15 is 0 Å². The Hall–Kier alpha value is -1.55. The monoisotopic (exact) mass is 562 g/mol. The molecule has 2 aromatic carbocycles. The van der Waals surface area contributed by atoms with Crippen LogP contribution in [0.3, 0.4) is 0 Å². The highest BCUT2D eigenvalue weighted by atomic mass is 35.6. The van der Waals surface area contributed by atoms with Crippen molar-refractivity contribution in [1.82, 2.24) is 5.48 Å². The average Bonchev–Trinajstić information content (AvgIpc) is 3.12. The predicted octanol–water partition coefficient (Wildman–Crippen LogP) is 7.77. The number of rotatable bonds is 4. The van der Waals surface area contributed by atoms with Crippen molar-refractivity contribution in [2.24, 2.45) is 0 Å². The lowest BCUT2D eigenvalue weighted by Crippen LogP contribution is -2.22. The van der Waals surface area contributed by atoms with E-state index in [2.05, 4.69) is 10.8 Å². The van der Waals surface area contributed by atoms with Gasteiger partial charge in [0.15, 0.2) is 0 Å². The topological polar surface area (TPSA) is 59.6 Å². The van der Waals surface area contributed by atoms with Crippen molar-refractivity contribution in [3.63, 3.8) is 0 Å². The van der Waals surface area contributed by atoms with Crippen molar-refractivity contribution in [2.45, 2.75) is 22.9 Å². The number of carbonyl (C=O) groups is 1. The Morgan fingerprint density at radius 1 is 1.12 bits per heavy atom. The van der Waals surface area contributed by atoms with E-state index in [1.807, 2.05) is 0 Å². The minimum absolute atomic E-state index is 0.118. The van der Waals surface area contributed by atoms with Crippen LogP contribution in [0.1, 0.15) is 22.7 Å². The molecule has 0 fully saturated rings. The summed E-state index contributed by atoms with van der Waals surface area (Å²) < 4.78 is 44.1. The smallest absolute Gasteiger partial charge is 0.445 e. The summed E-state index contributed by atoms with van der Waals surface area (Å²) in [5, 5.41) is 2.78. The molecule has 1 aliphatic heterocycles. The molecule has 33 heavy (non-hydrogen) atoms. The standard InChI is InChI=1S/C20H14Cl5F3N2O3/c1-9-2-3-10(6-14(9)29-18(31)32-8-19(23,24)25)16-15(17(33-30-16)20(26,27)28)11-4-12(21)7-13(22)5-11/h2-7,16,30H,8H2,1H3,(H,29,31). The number of alkyl halides is 6. The Balaban J connectivity index is 1.98. The molecule has 0 aliphatic carbocycles. The Morgan fingerprint density at radius 2 is 1.76 bits per heavy atom. The Kier molecular flexibility index (Phi) is 7.88. The fourth-order valence-electron chi connectivity index (χ4n) is 3.06. The summed E-state index contributed by atoms with van der Waals surface area (Å²) in [5.74, 6) is -1.23. The fourth-order valence-corrected chi connectivity index (χ4v) is 3.75. The van der Waals surface area contributed by atoms with Gasteiger partial charge in [0.1, 0.15) is 6.61 Å². The van der Waals surface area contributed by atoms with Crippen molar-refractivity contribution < 1.29 is 27.5 Å². The van der Waals surface area contributed by atoms with Gasteiger partial charge in [-0.25, -0.2) is 4.79 Å². The molecule has 0 saturated carbocycles. The van der Waals surface area contributed by atoms with E-state index in [0.717, 1.165) is 0 Å². The van der Waals surface area contributed by atoms with Crippen molar-refractivity contribution >= 4 is 75.4 Å². The second kappa shape index (κ2) is 9.98. The highest BCUT2D eigenvalue weighted by molar-refractivity contribution is 6.67. The highest BCUT2D eigenvalue weighted by Gasteiger charge is 2.46. The molecular weight excluding hydrogens is 550 g/mol. The number of halogens is 8. The van der Waals surface area contributed by atoms with Gasteiger partial charge in [0.05, 0.1) is 6.04 Å². The second-order valence-electron chi connectivity index (χ2n) is 6.94. The molecule has 178 valence electrons. The molecular formula is C20H14Cl5F3N2O3. The summed E-state index contributed by atoms with van der Waals surface area (Å²) in [6.07, 6.45) is -5.70. The van der Waals surface area contributed by atoms with Crippen LogP contribution in [0.4, 0.5) is 23.7 Å². The van der Waals surface area contributed by atoms with Gasteiger partial charge in [-0.2, -0.15) is 13.2 Å². The maximum absolute atomic E-state index is 13.7. The molecule has 0 bridgehead atoms. The first kappa shape index (κ1) is 26.1. The maximum atomic E-state index is 13.7. The van der Waals surface area contributed by atoms with Crippen molar-refractivity contribution in [1.29, 1.82) is 0 Å². The third kappa shape index (κ3) is 6.74. The molecule has 1 unspecified atom stereocenters. The van der Waals surface area contributed by atoms with E-state index in [4.69, 9.17) is 67.6 Å². The largest absolute Gasteiger partial charge is 0.451 e. The van der Waals surface area contributed by atoms with Crippen LogP contribution in [-0.4, -0.2) is 22.7 Å². The van der Waals surface area contributed by atoms with Crippen molar-refractivity contribution in [3.8, 4) is 0 Å². The normalized spacial score (nSPS) is 16.6. The van der Waals surface area contributed by atoms with E-state index in [1.165, 1.54) is 24.3 Å². The highest BCUT2D eigenvalue weighted by Crippen LogP contribution is 2.45. The molecule has 1 amide bonds. The van der Waals surface area contributed by atoms with Gasteiger partial charge in [-0.15, -0.1) is 5.48 Å². The third-order valence-electron chi connectivity index (χ3n) is 4.44. The second-order valence-corrected chi connectivity index (χ2v) is 10.3. The van der Waals surface area contributed by atoms with Crippen LogP contribution in [0.2, 0.25) is 10.0 Å². The van der Waals surface area contributed by atoms with Gasteiger partial charge >= 0.3 is 12.3 Å². The Labute approximate surface area is 211 Å². The first-order valence-electron chi connectivity index (χ1n) is 9.06. The quantitative estimate of drug-likeness (QED) is 0.373. The van der Waals surface area contributed by atoms with Crippen molar-refractivity contribution in [3.05, 3.63) is 68.9 Å². The Morgan fingerprint density at radius 3 is 2.33 bits per heavy atom. The molecule has 1 heterocycles. The zero-order valence-electron chi connectivity index (χ0n) is 16.5. The molecule has 1 atom stereocenters. The zero-order valence-corrected chi connectivity index (χ0v) is 20.3. The van der Waals surface area contributed by atoms with Crippen LogP contribution in [0.25, 0.3) is 5.57 Å². The minimum atomic E-state index is -4.79. The number of aryl methyl sites for hydroxylation is 1. The number of nitrogens with one attached hydrogen (secondary N) is 2. The number of hydroxylamine groups is 1. The van der Waals surface area contributed by atoms with Gasteiger partial charge < -0.3 is 9.57 Å². The van der Waals surface area contributed by atoms with E-state index in [0.29, 0.717) is 11.1 Å². The average molecular weight is 565 g/mol. The van der Waals surface area contributed by atoms with Gasteiger partial charge in [0.2, 0.25) is 9.55 Å². The first-order valence-corrected chi connectivity index (χ1v) is 10.9. The number of carbonyl (C=O) groups excluding carboxylic acids is 1. The molecule has 3 rings (SSSR count). The van der Waals surface area contributed by atoms with E-state index in [-0.39, 0.29) is 26.9 Å². The summed E-state index contributed by atoms with van der Waals surface area (Å²) >= 11 is 28.7. The number of ether oxygens (including phenoxy) is 1. The van der Waals surface area contributed by atoms with E-state index in [9.17, 15) is 18.0 Å². The first-order chi connectivity index (χ1) is 15.2. The molecule has 2 aromatic rings. The predicted molar refractivity (Wildman–Crippen MR) is 123 cm³/mol. The summed E-state index contributed by atoms with van der Waals surface area (Å²) in [5.41, 5.74) is 3.51. The molecule has 0 aromatic heterocycles. The van der Waals surface area contributed by atoms with Gasteiger partial charge in [0, 0.05) is 21.3 Å². The molecule has 1 aliphatic rings. The minimum Gasteiger partial charge on any atom is -0.445 e. The lowest BCUT2D eigenvalue weighted by Gasteiger charge is -2.18. The number of amides is 1. The number of benzene rings is 2. The van der Waals surface area contributed by atoms with Gasteiger partial charge in [-0.1, -0.05) is 70.1 Å².